The molecular formula is C15H25N5O2. The normalized spacial score (nSPS) is 23.4. The summed E-state index contributed by atoms with van der Waals surface area (Å²) in [4.78, 5) is 12.2. The molecule has 1 amide bonds. The second kappa shape index (κ2) is 7.19. The quantitative estimate of drug-likeness (QED) is 0.849. The molecule has 2 atom stereocenters. The third-order valence-electron chi connectivity index (χ3n) is 4.33. The number of aromatic nitrogens is 3. The minimum atomic E-state index is -0.114. The van der Waals surface area contributed by atoms with Crippen LogP contribution in [0.2, 0.25) is 0 Å². The smallest absolute Gasteiger partial charge is 0.222 e. The second-order valence-corrected chi connectivity index (χ2v) is 6.16. The van der Waals surface area contributed by atoms with Crippen molar-refractivity contribution in [2.45, 2.75) is 57.7 Å². The number of fused-ring (bicyclic) bond motifs is 1. The van der Waals surface area contributed by atoms with Gasteiger partial charge in [0, 0.05) is 32.0 Å². The SMILES string of the molecule is C[C@@H](NC(=O)CC1COCCN1)c1nnc2n1CCCCC2. The first kappa shape index (κ1) is 15.4. The molecular weight excluding hydrogens is 282 g/mol. The van der Waals surface area contributed by atoms with E-state index in [1.165, 1.54) is 12.8 Å². The second-order valence-electron chi connectivity index (χ2n) is 6.16. The largest absolute Gasteiger partial charge is 0.378 e. The molecule has 0 bridgehead atoms. The van der Waals surface area contributed by atoms with Crippen molar-refractivity contribution in [1.29, 1.82) is 0 Å². The zero-order chi connectivity index (χ0) is 15.4. The molecule has 0 aromatic carbocycles. The average Bonchev–Trinajstić information content (AvgIpc) is 2.77. The summed E-state index contributed by atoms with van der Waals surface area (Å²) in [6.07, 6.45) is 4.98. The highest BCUT2D eigenvalue weighted by atomic mass is 16.5. The van der Waals surface area contributed by atoms with Crippen LogP contribution >= 0.6 is 0 Å². The summed E-state index contributed by atoms with van der Waals surface area (Å²) in [6.45, 7) is 5.06. The number of aryl methyl sites for hydroxylation is 1. The first-order valence-electron chi connectivity index (χ1n) is 8.26. The van der Waals surface area contributed by atoms with E-state index in [0.29, 0.717) is 13.0 Å². The van der Waals surface area contributed by atoms with Gasteiger partial charge < -0.3 is 19.9 Å². The highest BCUT2D eigenvalue weighted by Gasteiger charge is 2.22. The predicted molar refractivity (Wildman–Crippen MR) is 81.4 cm³/mol. The standard InChI is InChI=1S/C15H25N5O2/c1-11(17-14(21)9-12-10-22-8-6-16-12)15-19-18-13-5-3-2-4-7-20(13)15/h11-12,16H,2-10H2,1H3,(H,17,21)/t11-,12?/m1/s1. The third kappa shape index (κ3) is 3.64. The highest BCUT2D eigenvalue weighted by Crippen LogP contribution is 2.18. The fraction of sp³-hybridized carbons (Fsp3) is 0.800. The van der Waals surface area contributed by atoms with Crippen LogP contribution in [-0.2, 0) is 22.5 Å². The summed E-state index contributed by atoms with van der Waals surface area (Å²) < 4.78 is 7.56. The van der Waals surface area contributed by atoms with Crippen molar-refractivity contribution in [3.63, 3.8) is 0 Å². The third-order valence-corrected chi connectivity index (χ3v) is 4.33. The lowest BCUT2D eigenvalue weighted by molar-refractivity contribution is -0.123. The highest BCUT2D eigenvalue weighted by molar-refractivity contribution is 5.77. The van der Waals surface area contributed by atoms with Crippen LogP contribution in [0.3, 0.4) is 0 Å². The predicted octanol–water partition coefficient (Wildman–Crippen LogP) is 0.560. The molecule has 3 heterocycles. The van der Waals surface area contributed by atoms with E-state index in [2.05, 4.69) is 25.4 Å². The van der Waals surface area contributed by atoms with Crippen molar-refractivity contribution in [1.82, 2.24) is 25.4 Å². The van der Waals surface area contributed by atoms with Crippen molar-refractivity contribution in [3.05, 3.63) is 11.6 Å². The Morgan fingerprint density at radius 2 is 2.36 bits per heavy atom. The maximum Gasteiger partial charge on any atom is 0.222 e. The molecule has 1 aromatic rings. The van der Waals surface area contributed by atoms with E-state index in [1.54, 1.807) is 0 Å². The van der Waals surface area contributed by atoms with Crippen LogP contribution < -0.4 is 10.6 Å². The Morgan fingerprint density at radius 1 is 1.45 bits per heavy atom. The summed E-state index contributed by atoms with van der Waals surface area (Å²) in [5.74, 6) is 1.95. The molecule has 1 saturated heterocycles. The van der Waals surface area contributed by atoms with E-state index in [0.717, 1.165) is 44.2 Å². The molecule has 2 N–H and O–H groups in total. The van der Waals surface area contributed by atoms with Crippen molar-refractivity contribution in [3.8, 4) is 0 Å². The van der Waals surface area contributed by atoms with Crippen LogP contribution in [0.15, 0.2) is 0 Å². The molecule has 2 aliphatic heterocycles. The monoisotopic (exact) mass is 307 g/mol. The van der Waals surface area contributed by atoms with Gasteiger partial charge in [0.15, 0.2) is 5.82 Å². The van der Waals surface area contributed by atoms with Crippen molar-refractivity contribution in [2.75, 3.05) is 19.8 Å². The Morgan fingerprint density at radius 3 is 3.18 bits per heavy atom. The number of carbonyl (C=O) groups excluding carboxylic acids is 1. The number of carbonyl (C=O) groups is 1. The van der Waals surface area contributed by atoms with Gasteiger partial charge in [-0.15, -0.1) is 10.2 Å². The number of ether oxygens (including phenoxy) is 1. The Bertz CT molecular complexity index is 510. The number of nitrogens with zero attached hydrogens (tertiary/aromatic N) is 3. The van der Waals surface area contributed by atoms with Gasteiger partial charge in [0.25, 0.3) is 0 Å². The van der Waals surface area contributed by atoms with Crippen LogP contribution in [0.4, 0.5) is 0 Å². The number of morpholine rings is 1. The Hall–Kier alpha value is -1.47. The van der Waals surface area contributed by atoms with Crippen LogP contribution in [0, 0.1) is 0 Å². The molecule has 1 aromatic heterocycles. The molecule has 7 heteroatoms. The Kier molecular flexibility index (Phi) is 5.04. The van der Waals surface area contributed by atoms with Crippen LogP contribution in [0.25, 0.3) is 0 Å². The molecule has 22 heavy (non-hydrogen) atoms. The molecule has 2 aliphatic rings. The summed E-state index contributed by atoms with van der Waals surface area (Å²) >= 11 is 0. The maximum absolute atomic E-state index is 12.2. The minimum absolute atomic E-state index is 0.0291. The number of rotatable bonds is 4. The molecule has 1 fully saturated rings. The van der Waals surface area contributed by atoms with Gasteiger partial charge in [-0.2, -0.15) is 0 Å². The molecule has 3 rings (SSSR count). The lowest BCUT2D eigenvalue weighted by Gasteiger charge is -2.24. The number of hydrogen-bond donors (Lipinski definition) is 2. The van der Waals surface area contributed by atoms with Crippen LogP contribution in [-0.4, -0.2) is 46.5 Å². The Labute approximate surface area is 130 Å². The molecule has 122 valence electrons. The van der Waals surface area contributed by atoms with Gasteiger partial charge in [0.05, 0.1) is 19.3 Å². The van der Waals surface area contributed by atoms with E-state index >= 15 is 0 Å². The van der Waals surface area contributed by atoms with Gasteiger partial charge in [-0.25, -0.2) is 0 Å². The zero-order valence-electron chi connectivity index (χ0n) is 13.2. The average molecular weight is 307 g/mol. The fourth-order valence-electron chi connectivity index (χ4n) is 3.17. The molecule has 0 aliphatic carbocycles. The molecule has 0 spiro atoms. The molecule has 7 nitrogen and oxygen atoms in total. The first-order chi connectivity index (χ1) is 10.7. The van der Waals surface area contributed by atoms with E-state index in [4.69, 9.17) is 4.74 Å². The van der Waals surface area contributed by atoms with Gasteiger partial charge in [-0.1, -0.05) is 6.42 Å². The van der Waals surface area contributed by atoms with E-state index in [9.17, 15) is 4.79 Å². The molecule has 1 unspecified atom stereocenters. The maximum atomic E-state index is 12.2. The fourth-order valence-corrected chi connectivity index (χ4v) is 3.17. The van der Waals surface area contributed by atoms with Gasteiger partial charge in [0.2, 0.25) is 5.91 Å². The lowest BCUT2D eigenvalue weighted by Crippen LogP contribution is -2.44. The van der Waals surface area contributed by atoms with Crippen molar-refractivity contribution in [2.24, 2.45) is 0 Å². The zero-order valence-corrected chi connectivity index (χ0v) is 13.2. The van der Waals surface area contributed by atoms with E-state index in [1.807, 2.05) is 6.92 Å². The Balaban J connectivity index is 1.58. The van der Waals surface area contributed by atoms with Gasteiger partial charge in [0.1, 0.15) is 5.82 Å². The van der Waals surface area contributed by atoms with Crippen molar-refractivity contribution >= 4 is 5.91 Å². The van der Waals surface area contributed by atoms with Gasteiger partial charge in [-0.3, -0.25) is 4.79 Å². The number of amides is 1. The van der Waals surface area contributed by atoms with Crippen LogP contribution in [0.5, 0.6) is 0 Å². The van der Waals surface area contributed by atoms with Gasteiger partial charge in [-0.05, 0) is 19.8 Å². The number of nitrogens with one attached hydrogen (secondary N) is 2. The lowest BCUT2D eigenvalue weighted by atomic mass is 10.2. The first-order valence-corrected chi connectivity index (χ1v) is 8.26. The summed E-state index contributed by atoms with van der Waals surface area (Å²) in [5, 5.41) is 14.9. The summed E-state index contributed by atoms with van der Waals surface area (Å²) in [7, 11) is 0. The minimum Gasteiger partial charge on any atom is -0.378 e. The summed E-state index contributed by atoms with van der Waals surface area (Å²) in [5.41, 5.74) is 0. The van der Waals surface area contributed by atoms with Crippen LogP contribution in [0.1, 0.15) is 50.3 Å². The molecule has 0 radical (unpaired) electrons. The van der Waals surface area contributed by atoms with E-state index in [-0.39, 0.29) is 18.0 Å². The number of hydrogen-bond acceptors (Lipinski definition) is 5. The summed E-state index contributed by atoms with van der Waals surface area (Å²) in [6, 6.07) is -0.00664. The van der Waals surface area contributed by atoms with Crippen molar-refractivity contribution < 1.29 is 9.53 Å². The van der Waals surface area contributed by atoms with E-state index < -0.39 is 0 Å². The topological polar surface area (TPSA) is 81.1 Å². The van der Waals surface area contributed by atoms with Gasteiger partial charge >= 0.3 is 0 Å². The molecule has 0 saturated carbocycles.